The lowest BCUT2D eigenvalue weighted by Gasteiger charge is -2.13. The molecule has 7 nitrogen and oxygen atoms in total. The molecular formula is C29H20Cl2N4O3. The van der Waals surface area contributed by atoms with Gasteiger partial charge in [0.1, 0.15) is 11.4 Å². The highest BCUT2D eigenvalue weighted by atomic mass is 35.5. The molecule has 0 radical (unpaired) electrons. The van der Waals surface area contributed by atoms with Crippen molar-refractivity contribution in [2.45, 2.75) is 0 Å². The van der Waals surface area contributed by atoms with Gasteiger partial charge in [-0.3, -0.25) is 9.59 Å². The monoisotopic (exact) mass is 542 g/mol. The van der Waals surface area contributed by atoms with Crippen LogP contribution in [0, 0.1) is 0 Å². The lowest BCUT2D eigenvalue weighted by molar-refractivity contribution is 0.0962. The van der Waals surface area contributed by atoms with E-state index in [1.54, 1.807) is 36.4 Å². The maximum absolute atomic E-state index is 13.5. The molecule has 3 N–H and O–H groups in total. The van der Waals surface area contributed by atoms with E-state index in [0.29, 0.717) is 37.8 Å². The summed E-state index contributed by atoms with van der Waals surface area (Å²) < 4.78 is 0. The highest BCUT2D eigenvalue weighted by Crippen LogP contribution is 2.41. The molecule has 0 atom stereocenters. The highest BCUT2D eigenvalue weighted by molar-refractivity contribution is 6.35. The lowest BCUT2D eigenvalue weighted by atomic mass is 10.00. The van der Waals surface area contributed by atoms with Gasteiger partial charge in [-0.05, 0) is 53.2 Å². The summed E-state index contributed by atoms with van der Waals surface area (Å²) in [6.45, 7) is 0. The van der Waals surface area contributed by atoms with Crippen LogP contribution in [0.2, 0.25) is 10.0 Å². The smallest absolute Gasteiger partial charge is 0.259 e. The predicted octanol–water partition coefficient (Wildman–Crippen LogP) is 8.03. The number of carbonyl (C=O) groups excluding carboxylic acids is 2. The molecule has 0 bridgehead atoms. The molecule has 38 heavy (non-hydrogen) atoms. The van der Waals surface area contributed by atoms with E-state index in [-0.39, 0.29) is 22.9 Å². The van der Waals surface area contributed by atoms with E-state index in [4.69, 9.17) is 23.2 Å². The van der Waals surface area contributed by atoms with Crippen molar-refractivity contribution in [3.05, 3.63) is 106 Å². The van der Waals surface area contributed by atoms with Gasteiger partial charge in [0.15, 0.2) is 5.75 Å². The van der Waals surface area contributed by atoms with Crippen molar-refractivity contribution in [1.29, 1.82) is 0 Å². The lowest BCUT2D eigenvalue weighted by Crippen LogP contribution is -2.17. The third-order valence-electron chi connectivity index (χ3n) is 6.02. The van der Waals surface area contributed by atoms with Crippen LogP contribution in [-0.4, -0.2) is 24.0 Å². The van der Waals surface area contributed by atoms with E-state index < -0.39 is 5.91 Å². The highest BCUT2D eigenvalue weighted by Gasteiger charge is 2.20. The van der Waals surface area contributed by atoms with Crippen LogP contribution in [0.3, 0.4) is 0 Å². The summed E-state index contributed by atoms with van der Waals surface area (Å²) in [6.07, 6.45) is 0. The first-order valence-corrected chi connectivity index (χ1v) is 12.3. The van der Waals surface area contributed by atoms with E-state index in [1.165, 1.54) is 19.2 Å². The second-order valence-corrected chi connectivity index (χ2v) is 9.26. The minimum Gasteiger partial charge on any atom is -0.505 e. The number of nitrogens with zero attached hydrogens (tertiary/aromatic N) is 2. The largest absolute Gasteiger partial charge is 0.505 e. The van der Waals surface area contributed by atoms with Gasteiger partial charge < -0.3 is 15.7 Å². The first kappa shape index (κ1) is 25.2. The second-order valence-electron chi connectivity index (χ2n) is 8.41. The Balaban J connectivity index is 1.65. The summed E-state index contributed by atoms with van der Waals surface area (Å²) in [5, 5.41) is 28.6. The van der Waals surface area contributed by atoms with Crippen molar-refractivity contribution < 1.29 is 14.7 Å². The van der Waals surface area contributed by atoms with Crippen LogP contribution in [0.4, 0.5) is 17.1 Å². The van der Waals surface area contributed by atoms with Crippen molar-refractivity contribution in [3.63, 3.8) is 0 Å². The summed E-state index contributed by atoms with van der Waals surface area (Å²) in [4.78, 5) is 25.7. The van der Waals surface area contributed by atoms with E-state index >= 15 is 0 Å². The van der Waals surface area contributed by atoms with Gasteiger partial charge in [-0.25, -0.2) is 0 Å². The Morgan fingerprint density at radius 2 is 1.58 bits per heavy atom. The molecule has 0 unspecified atom stereocenters. The number of amides is 2. The average molecular weight is 543 g/mol. The molecule has 5 rings (SSSR count). The Morgan fingerprint density at radius 3 is 2.39 bits per heavy atom. The van der Waals surface area contributed by atoms with Crippen molar-refractivity contribution >= 4 is 73.6 Å². The number of rotatable bonds is 5. The molecule has 0 aliphatic carbocycles. The number of phenolic OH excluding ortho intramolecular Hbond substituents is 1. The van der Waals surface area contributed by atoms with E-state index in [9.17, 15) is 14.7 Å². The maximum atomic E-state index is 13.5. The molecule has 2 amide bonds. The van der Waals surface area contributed by atoms with Gasteiger partial charge in [-0.2, -0.15) is 0 Å². The number of anilines is 1. The number of hydrogen-bond acceptors (Lipinski definition) is 5. The molecule has 9 heteroatoms. The number of nitrogens with one attached hydrogen (secondary N) is 2. The van der Waals surface area contributed by atoms with E-state index in [0.717, 1.165) is 10.8 Å². The number of halogens is 2. The van der Waals surface area contributed by atoms with Crippen LogP contribution in [0.15, 0.2) is 95.2 Å². The molecule has 0 fully saturated rings. The molecule has 0 heterocycles. The molecule has 0 aromatic heterocycles. The molecule has 0 aliphatic heterocycles. The van der Waals surface area contributed by atoms with Crippen molar-refractivity contribution in [3.8, 4) is 5.75 Å². The first-order valence-electron chi connectivity index (χ1n) is 11.5. The predicted molar refractivity (Wildman–Crippen MR) is 152 cm³/mol. The molecular weight excluding hydrogens is 523 g/mol. The minimum atomic E-state index is -0.552. The van der Waals surface area contributed by atoms with Gasteiger partial charge in [0.05, 0.1) is 10.6 Å². The Hall–Kier alpha value is -4.46. The van der Waals surface area contributed by atoms with Crippen LogP contribution >= 0.6 is 23.2 Å². The van der Waals surface area contributed by atoms with Gasteiger partial charge >= 0.3 is 0 Å². The number of carbonyl (C=O) groups is 2. The zero-order chi connectivity index (χ0) is 26.8. The molecule has 5 aromatic carbocycles. The summed E-state index contributed by atoms with van der Waals surface area (Å²) >= 11 is 12.3. The third kappa shape index (κ3) is 4.89. The molecule has 5 aromatic rings. The number of hydrogen-bond donors (Lipinski definition) is 3. The van der Waals surface area contributed by atoms with Crippen LogP contribution in [-0.2, 0) is 0 Å². The van der Waals surface area contributed by atoms with Crippen molar-refractivity contribution in [2.75, 3.05) is 12.4 Å². The average Bonchev–Trinajstić information content (AvgIpc) is 2.93. The Bertz CT molecular complexity index is 1760. The van der Waals surface area contributed by atoms with Crippen LogP contribution < -0.4 is 10.6 Å². The zero-order valence-corrected chi connectivity index (χ0v) is 21.5. The van der Waals surface area contributed by atoms with Gasteiger partial charge in [0.2, 0.25) is 0 Å². The fourth-order valence-electron chi connectivity index (χ4n) is 4.13. The van der Waals surface area contributed by atoms with Crippen molar-refractivity contribution in [2.24, 2.45) is 10.2 Å². The van der Waals surface area contributed by atoms with E-state index in [2.05, 4.69) is 20.9 Å². The standard InChI is InChI=1S/C29H20Cl2N4O3/c1-32-28(37)17-9-11-21-18(13-17)14-22(27(36)26(21)35-34-25-15-19(30)10-12-23(25)31)29(38)33-24-8-4-6-16-5-2-3-7-20(16)24/h2-15,36H,1H3,(H,32,37)(H,33,38). The van der Waals surface area contributed by atoms with Crippen LogP contribution in [0.25, 0.3) is 21.5 Å². The first-order chi connectivity index (χ1) is 18.4. The topological polar surface area (TPSA) is 103 Å². The van der Waals surface area contributed by atoms with Gasteiger partial charge in [0, 0.05) is 34.1 Å². The normalized spacial score (nSPS) is 11.2. The van der Waals surface area contributed by atoms with E-state index in [1.807, 2.05) is 36.4 Å². The molecule has 188 valence electrons. The quantitative estimate of drug-likeness (QED) is 0.196. The summed E-state index contributed by atoms with van der Waals surface area (Å²) in [7, 11) is 1.53. The number of aromatic hydroxyl groups is 1. The Morgan fingerprint density at radius 1 is 0.789 bits per heavy atom. The Kier molecular flexibility index (Phi) is 6.96. The van der Waals surface area contributed by atoms with Gasteiger partial charge in [-0.15, -0.1) is 10.2 Å². The van der Waals surface area contributed by atoms with Crippen LogP contribution in [0.1, 0.15) is 20.7 Å². The number of fused-ring (bicyclic) bond motifs is 2. The van der Waals surface area contributed by atoms with Gasteiger partial charge in [0.25, 0.3) is 11.8 Å². The summed E-state index contributed by atoms with van der Waals surface area (Å²) in [6, 6.07) is 24.3. The number of benzene rings is 5. The maximum Gasteiger partial charge on any atom is 0.259 e. The third-order valence-corrected chi connectivity index (χ3v) is 6.58. The minimum absolute atomic E-state index is 0.0365. The fourth-order valence-corrected chi connectivity index (χ4v) is 4.45. The molecule has 0 spiro atoms. The van der Waals surface area contributed by atoms with Crippen LogP contribution in [0.5, 0.6) is 5.75 Å². The molecule has 0 saturated carbocycles. The molecule has 0 aliphatic rings. The number of phenols is 1. The number of azo groups is 1. The summed E-state index contributed by atoms with van der Waals surface area (Å²) in [5.74, 6) is -1.22. The molecule has 0 saturated heterocycles. The van der Waals surface area contributed by atoms with Gasteiger partial charge in [-0.1, -0.05) is 65.7 Å². The fraction of sp³-hybridized carbons (Fsp3) is 0.0345. The Labute approximate surface area is 227 Å². The van der Waals surface area contributed by atoms with Crippen molar-refractivity contribution in [1.82, 2.24) is 5.32 Å². The second kappa shape index (κ2) is 10.5. The SMILES string of the molecule is CNC(=O)c1ccc2c(N=Nc3cc(Cl)ccc3Cl)c(O)c(C(=O)Nc3cccc4ccccc34)cc2c1. The zero-order valence-electron chi connectivity index (χ0n) is 20.0. The summed E-state index contributed by atoms with van der Waals surface area (Å²) in [5.41, 5.74) is 1.27.